The molecule has 0 saturated carbocycles. The van der Waals surface area contributed by atoms with Gasteiger partial charge in [0, 0.05) is 17.3 Å². The van der Waals surface area contributed by atoms with E-state index >= 15 is 0 Å². The molecule has 1 aromatic heterocycles. The van der Waals surface area contributed by atoms with E-state index in [1.165, 1.54) is 6.40 Å². The number of benzene rings is 2. The molecular weight excluding hydrogens is 350 g/mol. The van der Waals surface area contributed by atoms with Gasteiger partial charge in [-0.1, -0.05) is 11.6 Å². The summed E-state index contributed by atoms with van der Waals surface area (Å²) in [4.78, 5) is 4.32. The summed E-state index contributed by atoms with van der Waals surface area (Å²) in [5, 5.41) is 5.15. The Morgan fingerprint density at radius 3 is 2.62 bits per heavy atom. The van der Waals surface area contributed by atoms with Gasteiger partial charge in [-0.05, 0) is 68.3 Å². The first-order valence-corrected chi connectivity index (χ1v) is 8.69. The fourth-order valence-electron chi connectivity index (χ4n) is 2.40. The second kappa shape index (κ2) is 8.06. The van der Waals surface area contributed by atoms with Crippen molar-refractivity contribution in [2.24, 2.45) is 4.99 Å². The molecule has 1 heterocycles. The molecule has 0 bridgehead atoms. The fourth-order valence-corrected chi connectivity index (χ4v) is 2.53. The molecule has 0 amide bonds. The Hall–Kier alpha value is -2.79. The number of ether oxygens (including phenoxy) is 2. The van der Waals surface area contributed by atoms with Crippen LogP contribution < -0.4 is 4.74 Å². The zero-order valence-electron chi connectivity index (χ0n) is 14.9. The monoisotopic (exact) mass is 369 g/mol. The van der Waals surface area contributed by atoms with Crippen molar-refractivity contribution in [3.8, 4) is 17.3 Å². The second-order valence-electron chi connectivity index (χ2n) is 5.77. The third-order valence-electron chi connectivity index (χ3n) is 3.80. The Labute approximate surface area is 157 Å². The molecule has 0 saturated heterocycles. The van der Waals surface area contributed by atoms with Gasteiger partial charge in [0.15, 0.2) is 6.40 Å². The zero-order valence-corrected chi connectivity index (χ0v) is 15.7. The average molecular weight is 370 g/mol. The van der Waals surface area contributed by atoms with Crippen molar-refractivity contribution < 1.29 is 9.47 Å². The van der Waals surface area contributed by atoms with Gasteiger partial charge in [0.25, 0.3) is 0 Å². The average Bonchev–Trinajstić information content (AvgIpc) is 3.08. The number of aromatic nitrogens is 2. The van der Waals surface area contributed by atoms with Gasteiger partial charge in [-0.3, -0.25) is 0 Å². The van der Waals surface area contributed by atoms with Crippen LogP contribution in [0.25, 0.3) is 5.69 Å². The molecule has 0 aliphatic heterocycles. The smallest absolute Gasteiger partial charge is 0.238 e. The van der Waals surface area contributed by atoms with Crippen molar-refractivity contribution in [1.29, 1.82) is 0 Å². The Balaban J connectivity index is 1.79. The SMILES string of the molecule is CCOC=Nc1cc(C)c(Oc2ccn(-c3ccc(Cl)cc3)n2)cc1C. The summed E-state index contributed by atoms with van der Waals surface area (Å²) in [6, 6.07) is 13.2. The molecule has 3 rings (SSSR count). The van der Waals surface area contributed by atoms with Gasteiger partial charge in [0.1, 0.15) is 5.75 Å². The lowest BCUT2D eigenvalue weighted by molar-refractivity contribution is 0.344. The largest absolute Gasteiger partial charge is 0.483 e. The zero-order chi connectivity index (χ0) is 18.5. The molecule has 0 radical (unpaired) electrons. The molecule has 0 aliphatic rings. The first kappa shape index (κ1) is 18.0. The van der Waals surface area contributed by atoms with E-state index in [-0.39, 0.29) is 0 Å². The summed E-state index contributed by atoms with van der Waals surface area (Å²) >= 11 is 5.92. The lowest BCUT2D eigenvalue weighted by atomic mass is 10.1. The normalized spacial score (nSPS) is 11.1. The standard InChI is InChI=1S/C20H20ClN3O2/c1-4-25-13-22-18-11-15(3)19(12-14(18)2)26-20-9-10-24(23-20)17-7-5-16(21)6-8-17/h5-13H,4H2,1-3H3. The predicted octanol–water partition coefficient (Wildman–Crippen LogP) is 5.63. The summed E-state index contributed by atoms with van der Waals surface area (Å²) in [6.45, 7) is 6.48. The number of aliphatic imine (C=N–C) groups is 1. The summed E-state index contributed by atoms with van der Waals surface area (Å²) in [5.41, 5.74) is 3.74. The topological polar surface area (TPSA) is 48.6 Å². The minimum absolute atomic E-state index is 0.521. The van der Waals surface area contributed by atoms with E-state index in [0.717, 1.165) is 28.3 Å². The van der Waals surface area contributed by atoms with Crippen LogP contribution in [-0.2, 0) is 4.74 Å². The third-order valence-corrected chi connectivity index (χ3v) is 4.05. The number of hydrogen-bond acceptors (Lipinski definition) is 4. The van der Waals surface area contributed by atoms with Gasteiger partial charge in [0.05, 0.1) is 18.0 Å². The van der Waals surface area contributed by atoms with E-state index < -0.39 is 0 Å². The third kappa shape index (κ3) is 4.24. The first-order valence-electron chi connectivity index (χ1n) is 8.31. The highest BCUT2D eigenvalue weighted by Crippen LogP contribution is 2.31. The molecule has 6 heteroatoms. The lowest BCUT2D eigenvalue weighted by Crippen LogP contribution is -1.95. The maximum Gasteiger partial charge on any atom is 0.238 e. The van der Waals surface area contributed by atoms with Gasteiger partial charge < -0.3 is 9.47 Å². The first-order chi connectivity index (χ1) is 12.6. The van der Waals surface area contributed by atoms with Crippen LogP contribution in [0.5, 0.6) is 11.6 Å². The van der Waals surface area contributed by atoms with Crippen LogP contribution in [0.1, 0.15) is 18.1 Å². The van der Waals surface area contributed by atoms with Gasteiger partial charge in [-0.15, -0.1) is 5.10 Å². The molecule has 0 N–H and O–H groups in total. The number of aryl methyl sites for hydroxylation is 2. The Kier molecular flexibility index (Phi) is 5.58. The highest BCUT2D eigenvalue weighted by molar-refractivity contribution is 6.30. The molecule has 0 fully saturated rings. The van der Waals surface area contributed by atoms with Crippen LogP contribution in [0.2, 0.25) is 5.02 Å². The highest BCUT2D eigenvalue weighted by atomic mass is 35.5. The molecule has 134 valence electrons. The minimum atomic E-state index is 0.521. The van der Waals surface area contributed by atoms with Crippen LogP contribution in [0.15, 0.2) is 53.7 Å². The van der Waals surface area contributed by atoms with E-state index in [1.54, 1.807) is 4.68 Å². The number of rotatable bonds is 6. The van der Waals surface area contributed by atoms with Gasteiger partial charge >= 0.3 is 0 Å². The summed E-state index contributed by atoms with van der Waals surface area (Å²) in [6.07, 6.45) is 3.32. The van der Waals surface area contributed by atoms with Crippen molar-refractivity contribution in [1.82, 2.24) is 9.78 Å². The highest BCUT2D eigenvalue weighted by Gasteiger charge is 2.09. The molecule has 0 unspecified atom stereocenters. The van der Waals surface area contributed by atoms with Crippen molar-refractivity contribution in [3.05, 3.63) is 64.8 Å². The van der Waals surface area contributed by atoms with Crippen LogP contribution >= 0.6 is 11.6 Å². The minimum Gasteiger partial charge on any atom is -0.483 e. The molecule has 0 atom stereocenters. The molecule has 26 heavy (non-hydrogen) atoms. The van der Waals surface area contributed by atoms with E-state index in [9.17, 15) is 0 Å². The van der Waals surface area contributed by atoms with Crippen LogP contribution in [0.3, 0.4) is 0 Å². The predicted molar refractivity (Wildman–Crippen MR) is 104 cm³/mol. The number of hydrogen-bond donors (Lipinski definition) is 0. The van der Waals surface area contributed by atoms with Crippen LogP contribution in [0, 0.1) is 13.8 Å². The Bertz CT molecular complexity index is 917. The van der Waals surface area contributed by atoms with E-state index in [2.05, 4.69) is 10.1 Å². The van der Waals surface area contributed by atoms with Crippen molar-refractivity contribution in [2.75, 3.05) is 6.61 Å². The maximum absolute atomic E-state index is 5.96. The number of halogens is 1. The Morgan fingerprint density at radius 2 is 1.88 bits per heavy atom. The van der Waals surface area contributed by atoms with Gasteiger partial charge in [-0.25, -0.2) is 9.67 Å². The lowest BCUT2D eigenvalue weighted by Gasteiger charge is -2.09. The Morgan fingerprint density at radius 1 is 1.12 bits per heavy atom. The molecule has 2 aromatic carbocycles. The maximum atomic E-state index is 5.96. The van der Waals surface area contributed by atoms with Crippen molar-refractivity contribution in [2.45, 2.75) is 20.8 Å². The summed E-state index contributed by atoms with van der Waals surface area (Å²) < 4.78 is 12.9. The van der Waals surface area contributed by atoms with Gasteiger partial charge in [0.2, 0.25) is 5.88 Å². The summed E-state index contributed by atoms with van der Waals surface area (Å²) in [5.74, 6) is 1.27. The number of nitrogens with zero attached hydrogens (tertiary/aromatic N) is 3. The quantitative estimate of drug-likeness (QED) is 0.418. The van der Waals surface area contributed by atoms with E-state index in [0.29, 0.717) is 17.5 Å². The molecule has 0 spiro atoms. The molecule has 3 aromatic rings. The van der Waals surface area contributed by atoms with Crippen LogP contribution in [0.4, 0.5) is 5.69 Å². The van der Waals surface area contributed by atoms with Crippen LogP contribution in [-0.4, -0.2) is 22.8 Å². The summed E-state index contributed by atoms with van der Waals surface area (Å²) in [7, 11) is 0. The van der Waals surface area contributed by atoms with E-state index in [4.69, 9.17) is 21.1 Å². The molecule has 5 nitrogen and oxygen atoms in total. The molecule has 0 aliphatic carbocycles. The van der Waals surface area contributed by atoms with Crippen molar-refractivity contribution >= 4 is 23.7 Å². The molecular formula is C20H20ClN3O2. The van der Waals surface area contributed by atoms with Crippen molar-refractivity contribution in [3.63, 3.8) is 0 Å². The fraction of sp³-hybridized carbons (Fsp3) is 0.200. The van der Waals surface area contributed by atoms with E-state index in [1.807, 2.05) is 69.4 Å². The second-order valence-corrected chi connectivity index (χ2v) is 6.21. The van der Waals surface area contributed by atoms with Gasteiger partial charge in [-0.2, -0.15) is 0 Å².